The number of hydrogen-bond donors (Lipinski definition) is 0. The van der Waals surface area contributed by atoms with E-state index in [9.17, 15) is 46.0 Å². The molecule has 0 radical (unpaired) electrons. The van der Waals surface area contributed by atoms with Gasteiger partial charge in [0.1, 0.15) is 41.5 Å². The number of aromatic nitrogens is 3. The third kappa shape index (κ3) is 21.7. The molecule has 3 amide bonds. The summed E-state index contributed by atoms with van der Waals surface area (Å²) in [6.07, 6.45) is 17.2. The van der Waals surface area contributed by atoms with E-state index in [4.69, 9.17) is 29.2 Å². The molecule has 27 nitrogen and oxygen atoms in total. The van der Waals surface area contributed by atoms with E-state index in [2.05, 4.69) is 230 Å². The average molecular weight is 1810 g/mol. The summed E-state index contributed by atoms with van der Waals surface area (Å²) in [4.78, 5) is 78.9. The lowest BCUT2D eigenvalue weighted by atomic mass is 9.95. The second kappa shape index (κ2) is 45.3. The third-order valence-electron chi connectivity index (χ3n) is 27.9. The number of aryl methyl sites for hydroxylation is 3. The summed E-state index contributed by atoms with van der Waals surface area (Å²) in [5.74, 6) is 0.595. The van der Waals surface area contributed by atoms with Gasteiger partial charge in [0, 0.05) is 148 Å². The van der Waals surface area contributed by atoms with E-state index < -0.39 is 0 Å². The van der Waals surface area contributed by atoms with Crippen molar-refractivity contribution >= 4 is 84.2 Å². The van der Waals surface area contributed by atoms with Crippen LogP contribution >= 0.6 is 0 Å². The molecule has 5 fully saturated rings. The highest BCUT2D eigenvalue weighted by atomic mass is 16.5. The predicted octanol–water partition coefficient (Wildman–Crippen LogP) is 15.1. The van der Waals surface area contributed by atoms with E-state index in [1.165, 1.54) is 129 Å². The van der Waals surface area contributed by atoms with Gasteiger partial charge in [0.05, 0.1) is 123 Å². The van der Waals surface area contributed by atoms with Gasteiger partial charge in [-0.3, -0.25) is 19.3 Å². The van der Waals surface area contributed by atoms with Gasteiger partial charge in [0.25, 0.3) is 0 Å². The van der Waals surface area contributed by atoms with E-state index in [1.54, 1.807) is 14.7 Å². The Balaban J connectivity index is 0.000000154. The summed E-state index contributed by atoms with van der Waals surface area (Å²) in [6.45, 7) is 34.4. The molecule has 6 aromatic carbocycles. The molecule has 8 aliphatic rings. The number of piperidine rings is 1. The molecule has 8 aliphatic heterocycles. The minimum atomic E-state index is -0.303. The first-order valence-corrected chi connectivity index (χ1v) is 48.1. The van der Waals surface area contributed by atoms with Crippen LogP contribution in [-0.2, 0) is 53.3 Å². The first-order valence-electron chi connectivity index (χ1n) is 48.1. The van der Waals surface area contributed by atoms with Gasteiger partial charge in [0.2, 0.25) is 35.4 Å². The molecule has 135 heavy (non-hydrogen) atoms. The van der Waals surface area contributed by atoms with Crippen LogP contribution in [0.15, 0.2) is 147 Å². The number of amides is 3. The smallest absolute Gasteiger partial charge is 0.246 e. The number of hydrogen-bond acceptors (Lipinski definition) is 24. The number of pyridine rings is 3. The molecule has 698 valence electrons. The maximum Gasteiger partial charge on any atom is 0.246 e. The molecule has 11 heterocycles. The molecule has 0 saturated carbocycles. The standard InChI is InChI=1S/C38H45N7O2.C36H41N7O2.C34H39N7O2/c1-3-35(46)45-23-22-44(26-30(45)15-17-39)37-31-16-21-43(34-14-9-13-29-12-8-11-28(2)36(29)34)27-33(31)41-38(32(37)25-40)47-24-10-20-42-18-6-4-5-7-19-42;1-3-33(44)43-20-19-42(24-28(43)13-15-37)35-29-14-18-41(32-12-8-11-27-10-7-9-26(2)34(27)32)25-31(29)39-36(30(35)23-38)45-22-21-40-16-5-4-6-17-40;1-5-31(42)41-19-18-40(22-26(41)13-15-35)33-27-14-17-39(30-12-7-11-25-10-6-9-24(2)32(25)30)23-29(27)37-34(28(33)21-36)43-20-8-16-38(3)4/h3,8-9,11-14,30H,1,4-7,10,15-16,18-24,26-27H2,2H3;3,7-12,28H,1,4-6,13-14,16-22,24-25H2,2H3;5-7,9-12,26H,1,8,13-14,16-20,22-23H2,2-4H3/t30-;28-;26-/m000/s1. The number of ether oxygens (including phenoxy) is 3. The Kier molecular flexibility index (Phi) is 32.1. The highest BCUT2D eigenvalue weighted by Gasteiger charge is 2.40. The van der Waals surface area contributed by atoms with Crippen molar-refractivity contribution in [2.24, 2.45) is 0 Å². The number of carbonyl (C=O) groups excluding carboxylic acids is 3. The number of benzene rings is 6. The molecular weight excluding hydrogens is 1690 g/mol. The number of piperazine rings is 3. The normalized spacial score (nSPS) is 18.0. The first kappa shape index (κ1) is 95.8. The van der Waals surface area contributed by atoms with E-state index >= 15 is 0 Å². The van der Waals surface area contributed by atoms with Crippen LogP contribution < -0.4 is 43.6 Å². The SMILES string of the molecule is C=CC(=O)N1CCN(c2c(C#N)c(OCCCN(C)C)nc3c2CCN(c2cccc4cccc(C)c24)C3)C[C@@H]1CC#N.C=CC(=O)N1CCN(c2c(C#N)c(OCCCN3CCCCCC3)nc3c2CCN(c2cccc4cccc(C)c24)C3)C[C@@H]1CC#N.C=CC(=O)N1CCN(c2c(C#N)c(OCCN3CCCCC3)nc3c2CCN(c2cccc4cccc(C)c24)C3)C[C@@H]1CC#N. The van der Waals surface area contributed by atoms with Gasteiger partial charge in [-0.25, -0.2) is 15.0 Å². The lowest BCUT2D eigenvalue weighted by Gasteiger charge is -2.43. The zero-order valence-corrected chi connectivity index (χ0v) is 79.1. The van der Waals surface area contributed by atoms with E-state index in [0.29, 0.717) is 139 Å². The van der Waals surface area contributed by atoms with E-state index in [1.807, 2.05) is 14.1 Å². The molecule has 17 rings (SSSR count). The number of likely N-dealkylation sites (tertiary alicyclic amines) is 2. The fourth-order valence-corrected chi connectivity index (χ4v) is 21.2. The quantitative estimate of drug-likeness (QED) is 0.0359. The van der Waals surface area contributed by atoms with Crippen LogP contribution in [0, 0.1) is 88.8 Å². The topological polar surface area (TPSA) is 299 Å². The molecule has 9 aromatic rings. The maximum atomic E-state index is 12.7. The molecule has 0 spiro atoms. The van der Waals surface area contributed by atoms with Crippen LogP contribution in [-0.4, -0.2) is 238 Å². The van der Waals surface area contributed by atoms with Crippen molar-refractivity contribution < 1.29 is 28.6 Å². The van der Waals surface area contributed by atoms with Crippen LogP contribution in [0.5, 0.6) is 17.6 Å². The number of nitrogens with zero attached hydrogens (tertiary/aromatic N) is 21. The average Bonchev–Trinajstić information content (AvgIpc) is 0.837. The van der Waals surface area contributed by atoms with Crippen LogP contribution in [0.2, 0.25) is 0 Å². The number of fused-ring (bicyclic) bond motifs is 6. The van der Waals surface area contributed by atoms with E-state index in [0.717, 1.165) is 142 Å². The molecule has 0 bridgehead atoms. The monoisotopic (exact) mass is 1810 g/mol. The number of nitriles is 6. The Morgan fingerprint density at radius 3 is 1.02 bits per heavy atom. The summed E-state index contributed by atoms with van der Waals surface area (Å²) >= 11 is 0. The van der Waals surface area contributed by atoms with Crippen molar-refractivity contribution in [1.29, 1.82) is 31.6 Å². The molecule has 0 unspecified atom stereocenters. The number of carbonyl (C=O) groups is 3. The largest absolute Gasteiger partial charge is 0.477 e. The Morgan fingerprint density at radius 1 is 0.393 bits per heavy atom. The Bertz CT molecular complexity index is 6120. The number of anilines is 6. The van der Waals surface area contributed by atoms with Crippen LogP contribution in [0.3, 0.4) is 0 Å². The minimum Gasteiger partial charge on any atom is -0.477 e. The lowest BCUT2D eigenvalue weighted by molar-refractivity contribution is -0.129. The molecule has 3 atom stereocenters. The Labute approximate surface area is 795 Å². The number of rotatable bonds is 26. The highest BCUT2D eigenvalue weighted by Crippen LogP contribution is 2.45. The van der Waals surface area contributed by atoms with Gasteiger partial charge in [-0.1, -0.05) is 130 Å². The van der Waals surface area contributed by atoms with Gasteiger partial charge >= 0.3 is 0 Å². The molecule has 5 saturated heterocycles. The first-order chi connectivity index (χ1) is 65.9. The van der Waals surface area contributed by atoms with Crippen molar-refractivity contribution in [3.05, 3.63) is 214 Å². The highest BCUT2D eigenvalue weighted by molar-refractivity contribution is 6.00. The van der Waals surface area contributed by atoms with Crippen molar-refractivity contribution in [1.82, 2.24) is 44.4 Å². The van der Waals surface area contributed by atoms with E-state index in [-0.39, 0.29) is 55.1 Å². The minimum absolute atomic E-state index is 0.170. The zero-order chi connectivity index (χ0) is 94.6. The summed E-state index contributed by atoms with van der Waals surface area (Å²) in [6, 6.07) is 51.7. The second-order valence-electron chi connectivity index (χ2n) is 36.7. The maximum absolute atomic E-state index is 12.7. The van der Waals surface area contributed by atoms with Crippen molar-refractivity contribution in [2.75, 3.05) is 188 Å². The predicted molar refractivity (Wildman–Crippen MR) is 531 cm³/mol. The fraction of sp³-hybridized carbons (Fsp3) is 0.444. The van der Waals surface area contributed by atoms with Crippen LogP contribution in [0.25, 0.3) is 32.3 Å². The van der Waals surface area contributed by atoms with Crippen molar-refractivity contribution in [2.45, 2.75) is 155 Å². The molecule has 0 aliphatic carbocycles. The lowest BCUT2D eigenvalue weighted by Crippen LogP contribution is -2.55. The summed E-state index contributed by atoms with van der Waals surface area (Å²) in [7, 11) is 4.04. The van der Waals surface area contributed by atoms with Gasteiger partial charge in [-0.2, -0.15) is 31.6 Å². The molecule has 3 aromatic heterocycles. The van der Waals surface area contributed by atoms with Crippen LogP contribution in [0.1, 0.15) is 144 Å². The fourth-order valence-electron chi connectivity index (χ4n) is 21.2. The summed E-state index contributed by atoms with van der Waals surface area (Å²) in [5.41, 5.74) is 17.0. The Hall–Kier alpha value is -13.8. The summed E-state index contributed by atoms with van der Waals surface area (Å²) in [5, 5.41) is 67.8. The van der Waals surface area contributed by atoms with Gasteiger partial charge in [0.15, 0.2) is 0 Å². The zero-order valence-electron chi connectivity index (χ0n) is 79.1. The van der Waals surface area contributed by atoms with Crippen molar-refractivity contribution in [3.8, 4) is 54.1 Å². The van der Waals surface area contributed by atoms with Crippen LogP contribution in [0.4, 0.5) is 34.1 Å². The molecule has 27 heteroatoms. The van der Waals surface area contributed by atoms with Gasteiger partial charge < -0.3 is 68.1 Å². The van der Waals surface area contributed by atoms with Gasteiger partial charge in [-0.15, -0.1) is 0 Å². The van der Waals surface area contributed by atoms with Crippen molar-refractivity contribution in [3.63, 3.8) is 0 Å². The molecule has 0 N–H and O–H groups in total. The molecular formula is C108H125N21O6. The second-order valence-corrected chi connectivity index (χ2v) is 36.7. The third-order valence-corrected chi connectivity index (χ3v) is 27.9. The van der Waals surface area contributed by atoms with Gasteiger partial charge in [-0.05, 0) is 188 Å². The summed E-state index contributed by atoms with van der Waals surface area (Å²) < 4.78 is 19.0. The Morgan fingerprint density at radius 2 is 0.704 bits per heavy atom.